The van der Waals surface area contributed by atoms with Crippen molar-refractivity contribution in [3.8, 4) is 12.3 Å². The Morgan fingerprint density at radius 1 is 1.54 bits per heavy atom. The Morgan fingerprint density at radius 3 is 2.96 bits per heavy atom. The maximum absolute atomic E-state index is 13.6. The molecule has 132 valence electrons. The molecule has 0 spiro atoms. The molecule has 0 aliphatic carbocycles. The smallest absolute Gasteiger partial charge is 0.219 e. The Morgan fingerprint density at radius 2 is 2.35 bits per heavy atom. The molecule has 26 heavy (non-hydrogen) atoms. The molecule has 1 aromatic carbocycles. The highest BCUT2D eigenvalue weighted by molar-refractivity contribution is 9.09. The van der Waals surface area contributed by atoms with Gasteiger partial charge in [0.25, 0.3) is 0 Å². The van der Waals surface area contributed by atoms with Crippen LogP contribution in [0.5, 0.6) is 0 Å². The topological polar surface area (TPSA) is 54.4 Å². The molecule has 1 aliphatic rings. The molecular formula is C18H13BrFN3OS2. The van der Waals surface area contributed by atoms with E-state index in [1.54, 1.807) is 18.5 Å². The minimum Gasteiger partial charge on any atom is -0.340 e. The van der Waals surface area contributed by atoms with Crippen LogP contribution in [-0.4, -0.2) is 27.5 Å². The van der Waals surface area contributed by atoms with Crippen molar-refractivity contribution in [3.05, 3.63) is 63.0 Å². The number of nitrogens with one attached hydrogen (secondary N) is 1. The van der Waals surface area contributed by atoms with Crippen molar-refractivity contribution in [3.63, 3.8) is 0 Å². The lowest BCUT2D eigenvalue weighted by molar-refractivity contribution is -0.108. The van der Waals surface area contributed by atoms with Crippen molar-refractivity contribution in [1.82, 2.24) is 10.3 Å². The number of allylic oxidation sites excluding steroid dienone is 1. The highest BCUT2D eigenvalue weighted by Crippen LogP contribution is 2.36. The Bertz CT molecular complexity index is 948. The number of hydrogen-bond donors (Lipinski definition) is 1. The molecule has 2 heterocycles. The SMILES string of the molecule is C#Cc1cc(F)ccc1[C@@H]1N=C(c2nccs2)NC(CBr)=C1C(=O)SC. The molecule has 1 N–H and O–H groups in total. The molecule has 0 radical (unpaired) electrons. The summed E-state index contributed by atoms with van der Waals surface area (Å²) in [6, 6.07) is 3.56. The van der Waals surface area contributed by atoms with Crippen molar-refractivity contribution >= 4 is 50.0 Å². The molecule has 0 saturated heterocycles. The van der Waals surface area contributed by atoms with Gasteiger partial charge in [0.2, 0.25) is 5.12 Å². The number of amidine groups is 1. The number of nitrogens with zero attached hydrogens (tertiary/aromatic N) is 2. The van der Waals surface area contributed by atoms with Gasteiger partial charge in [-0.2, -0.15) is 0 Å². The highest BCUT2D eigenvalue weighted by atomic mass is 79.9. The number of alkyl halides is 1. The molecule has 8 heteroatoms. The number of aliphatic imine (C=N–C) groups is 1. The molecule has 0 amide bonds. The van der Waals surface area contributed by atoms with E-state index in [1.807, 2.05) is 5.38 Å². The van der Waals surface area contributed by atoms with Crippen molar-refractivity contribution in [2.24, 2.45) is 4.99 Å². The van der Waals surface area contributed by atoms with Crippen molar-refractivity contribution in [2.75, 3.05) is 11.6 Å². The maximum atomic E-state index is 13.6. The lowest BCUT2D eigenvalue weighted by atomic mass is 9.93. The first-order chi connectivity index (χ1) is 12.6. The normalized spacial score (nSPS) is 16.7. The number of carbonyl (C=O) groups is 1. The van der Waals surface area contributed by atoms with Crippen LogP contribution in [0.1, 0.15) is 22.2 Å². The van der Waals surface area contributed by atoms with E-state index < -0.39 is 11.9 Å². The van der Waals surface area contributed by atoms with E-state index in [4.69, 9.17) is 11.4 Å². The van der Waals surface area contributed by atoms with Crippen molar-refractivity contribution in [2.45, 2.75) is 6.04 Å². The minimum absolute atomic E-state index is 0.119. The van der Waals surface area contributed by atoms with Gasteiger partial charge < -0.3 is 5.32 Å². The number of rotatable bonds is 4. The van der Waals surface area contributed by atoms with Crippen LogP contribution < -0.4 is 5.32 Å². The van der Waals surface area contributed by atoms with Gasteiger partial charge >= 0.3 is 0 Å². The van der Waals surface area contributed by atoms with Crippen LogP contribution in [0.2, 0.25) is 0 Å². The predicted molar refractivity (Wildman–Crippen MR) is 108 cm³/mol. The maximum Gasteiger partial charge on any atom is 0.219 e. The lowest BCUT2D eigenvalue weighted by Gasteiger charge is -2.27. The summed E-state index contributed by atoms with van der Waals surface area (Å²) in [6.07, 6.45) is 8.97. The van der Waals surface area contributed by atoms with Gasteiger partial charge in [-0.05, 0) is 24.0 Å². The number of hydrogen-bond acceptors (Lipinski definition) is 6. The Labute approximate surface area is 167 Å². The summed E-state index contributed by atoms with van der Waals surface area (Å²) in [7, 11) is 0. The molecule has 3 rings (SSSR count). The van der Waals surface area contributed by atoms with Gasteiger partial charge in [-0.15, -0.1) is 17.8 Å². The van der Waals surface area contributed by atoms with Crippen LogP contribution in [0.4, 0.5) is 4.39 Å². The molecule has 0 bridgehead atoms. The van der Waals surface area contributed by atoms with Gasteiger partial charge in [-0.1, -0.05) is 39.7 Å². The number of thiazole rings is 1. The van der Waals surface area contributed by atoms with Gasteiger partial charge in [0, 0.05) is 28.2 Å². The number of terminal acetylenes is 1. The third kappa shape index (κ3) is 3.61. The van der Waals surface area contributed by atoms with Crippen LogP contribution >= 0.6 is 39.0 Å². The standard InChI is InChI=1S/C18H13BrFN3OS2/c1-3-10-8-11(20)4-5-12(10)15-14(18(24)25-2)13(9-19)22-16(23-15)17-21-6-7-26-17/h1,4-8,15H,9H2,2H3,(H,22,23)/t15-/m0/s1. The highest BCUT2D eigenvalue weighted by Gasteiger charge is 2.32. The zero-order chi connectivity index (χ0) is 18.7. The van der Waals surface area contributed by atoms with Gasteiger partial charge in [-0.25, -0.2) is 9.37 Å². The first kappa shape index (κ1) is 18.8. The van der Waals surface area contributed by atoms with E-state index in [0.29, 0.717) is 38.6 Å². The summed E-state index contributed by atoms with van der Waals surface area (Å²) in [5.41, 5.74) is 2.18. The van der Waals surface area contributed by atoms with Crippen molar-refractivity contribution < 1.29 is 9.18 Å². The van der Waals surface area contributed by atoms with Gasteiger partial charge in [-0.3, -0.25) is 9.79 Å². The summed E-state index contributed by atoms with van der Waals surface area (Å²) in [4.78, 5) is 21.6. The summed E-state index contributed by atoms with van der Waals surface area (Å²) in [5, 5.41) is 6.05. The quantitative estimate of drug-likeness (QED) is 0.568. The summed E-state index contributed by atoms with van der Waals surface area (Å²) < 4.78 is 13.6. The second-order valence-corrected chi connectivity index (χ2v) is 7.47. The number of halogens is 2. The van der Waals surface area contributed by atoms with E-state index in [2.05, 4.69) is 32.2 Å². The summed E-state index contributed by atoms with van der Waals surface area (Å²) >= 11 is 5.97. The first-order valence-corrected chi connectivity index (χ1v) is 10.7. The zero-order valence-corrected chi connectivity index (χ0v) is 16.8. The van der Waals surface area contributed by atoms with Crippen molar-refractivity contribution in [1.29, 1.82) is 0 Å². The number of aromatic nitrogens is 1. The number of carbonyl (C=O) groups excluding carboxylic acids is 1. The lowest BCUT2D eigenvalue weighted by Crippen LogP contribution is -2.33. The molecule has 0 fully saturated rings. The van der Waals surface area contributed by atoms with E-state index >= 15 is 0 Å². The second kappa shape index (κ2) is 8.16. The van der Waals surface area contributed by atoms with Crippen LogP contribution in [-0.2, 0) is 4.79 Å². The van der Waals surface area contributed by atoms with Gasteiger partial charge in [0.05, 0.1) is 5.57 Å². The molecule has 0 unspecified atom stereocenters. The number of benzene rings is 1. The first-order valence-electron chi connectivity index (χ1n) is 7.47. The fourth-order valence-electron chi connectivity index (χ4n) is 2.62. The molecule has 2 aromatic rings. The molecular weight excluding hydrogens is 437 g/mol. The molecule has 1 aromatic heterocycles. The monoisotopic (exact) mass is 449 g/mol. The molecule has 1 aliphatic heterocycles. The molecule has 4 nitrogen and oxygen atoms in total. The van der Waals surface area contributed by atoms with Gasteiger partial charge in [0.15, 0.2) is 10.8 Å². The fourth-order valence-corrected chi connectivity index (χ4v) is 4.10. The molecule has 1 atom stereocenters. The second-order valence-electron chi connectivity index (χ2n) is 5.24. The zero-order valence-electron chi connectivity index (χ0n) is 13.6. The minimum atomic E-state index is -0.630. The Kier molecular flexibility index (Phi) is 5.91. The number of thioether (sulfide) groups is 1. The Hall–Kier alpha value is -1.95. The Balaban J connectivity index is 2.21. The molecule has 0 saturated carbocycles. The third-order valence-electron chi connectivity index (χ3n) is 3.77. The van der Waals surface area contributed by atoms with E-state index in [1.165, 1.54) is 23.5 Å². The van der Waals surface area contributed by atoms with E-state index in [9.17, 15) is 9.18 Å². The van der Waals surface area contributed by atoms with E-state index in [0.717, 1.165) is 11.8 Å². The van der Waals surface area contributed by atoms with E-state index in [-0.39, 0.29) is 5.12 Å². The van der Waals surface area contributed by atoms with Crippen LogP contribution in [0, 0.1) is 18.2 Å². The van der Waals surface area contributed by atoms with Crippen LogP contribution in [0.3, 0.4) is 0 Å². The predicted octanol–water partition coefficient (Wildman–Crippen LogP) is 3.89. The average molecular weight is 450 g/mol. The van der Waals surface area contributed by atoms with Crippen LogP contribution in [0.15, 0.2) is 46.0 Å². The van der Waals surface area contributed by atoms with Gasteiger partial charge in [0.1, 0.15) is 11.9 Å². The summed E-state index contributed by atoms with van der Waals surface area (Å²) in [6.45, 7) is 0. The summed E-state index contributed by atoms with van der Waals surface area (Å²) in [5.74, 6) is 2.63. The largest absolute Gasteiger partial charge is 0.340 e. The fraction of sp³-hybridized carbons (Fsp3) is 0.167. The third-order valence-corrected chi connectivity index (χ3v) is 5.70. The van der Waals surface area contributed by atoms with Crippen LogP contribution in [0.25, 0.3) is 0 Å². The average Bonchev–Trinajstić information content (AvgIpc) is 3.21.